The summed E-state index contributed by atoms with van der Waals surface area (Å²) in [7, 11) is 1.81. The second-order valence-electron chi connectivity index (χ2n) is 7.78. The van der Waals surface area contributed by atoms with Gasteiger partial charge in [-0.15, -0.1) is 24.0 Å². The van der Waals surface area contributed by atoms with Crippen molar-refractivity contribution in [1.29, 1.82) is 0 Å². The first-order valence-electron chi connectivity index (χ1n) is 10.8. The fourth-order valence-corrected chi connectivity index (χ4v) is 4.21. The van der Waals surface area contributed by atoms with E-state index in [2.05, 4.69) is 27.4 Å². The van der Waals surface area contributed by atoms with Crippen LogP contribution in [0.4, 0.5) is 0 Å². The zero-order chi connectivity index (χ0) is 19.8. The molecule has 3 rings (SSSR count). The van der Waals surface area contributed by atoms with Crippen LogP contribution in [0.1, 0.15) is 54.9 Å². The van der Waals surface area contributed by atoms with E-state index in [4.69, 9.17) is 0 Å². The SMILES string of the molecule is CCN1CCCC1CNC(=NC)NCc1ccc(C(=O)N2CCCCC2)cc1.I. The van der Waals surface area contributed by atoms with Gasteiger partial charge in [-0.3, -0.25) is 14.7 Å². The largest absolute Gasteiger partial charge is 0.355 e. The fourth-order valence-electron chi connectivity index (χ4n) is 4.21. The van der Waals surface area contributed by atoms with Gasteiger partial charge < -0.3 is 15.5 Å². The van der Waals surface area contributed by atoms with E-state index in [1.807, 2.05) is 36.2 Å². The lowest BCUT2D eigenvalue weighted by molar-refractivity contribution is 0.0724. The molecular formula is C22H36IN5O. The number of likely N-dealkylation sites (tertiary alicyclic amines) is 2. The average Bonchev–Trinajstić information content (AvgIpc) is 3.22. The van der Waals surface area contributed by atoms with Gasteiger partial charge in [0.25, 0.3) is 5.91 Å². The van der Waals surface area contributed by atoms with Crippen LogP contribution in [0.2, 0.25) is 0 Å². The molecule has 1 atom stereocenters. The number of carbonyl (C=O) groups is 1. The van der Waals surface area contributed by atoms with Crippen molar-refractivity contribution < 1.29 is 4.79 Å². The number of benzene rings is 1. The minimum Gasteiger partial charge on any atom is -0.355 e. The number of hydrogen-bond donors (Lipinski definition) is 2. The van der Waals surface area contributed by atoms with Gasteiger partial charge in [-0.25, -0.2) is 0 Å². The molecule has 2 saturated heterocycles. The number of guanidine groups is 1. The summed E-state index contributed by atoms with van der Waals surface area (Å²) in [5, 5.41) is 6.83. The van der Waals surface area contributed by atoms with E-state index in [1.54, 1.807) is 0 Å². The number of likely N-dealkylation sites (N-methyl/N-ethyl adjacent to an activating group) is 1. The number of nitrogens with zero attached hydrogens (tertiary/aromatic N) is 3. The summed E-state index contributed by atoms with van der Waals surface area (Å²) < 4.78 is 0. The number of halogens is 1. The molecule has 1 amide bonds. The summed E-state index contributed by atoms with van der Waals surface area (Å²) in [5.74, 6) is 0.991. The number of rotatable bonds is 6. The van der Waals surface area contributed by atoms with Crippen LogP contribution in [0, 0.1) is 0 Å². The van der Waals surface area contributed by atoms with Gasteiger partial charge in [0.05, 0.1) is 0 Å². The molecule has 2 fully saturated rings. The second-order valence-corrected chi connectivity index (χ2v) is 7.78. The van der Waals surface area contributed by atoms with Crippen molar-refractivity contribution in [2.45, 2.75) is 51.6 Å². The average molecular weight is 513 g/mol. The first-order chi connectivity index (χ1) is 13.7. The van der Waals surface area contributed by atoms with Crippen LogP contribution >= 0.6 is 24.0 Å². The molecule has 0 spiro atoms. The van der Waals surface area contributed by atoms with Crippen molar-refractivity contribution >= 4 is 35.8 Å². The Morgan fingerprint density at radius 3 is 2.45 bits per heavy atom. The van der Waals surface area contributed by atoms with Crippen LogP contribution in [-0.2, 0) is 6.54 Å². The van der Waals surface area contributed by atoms with Gasteiger partial charge in [-0.2, -0.15) is 0 Å². The Balaban J connectivity index is 0.00000300. The van der Waals surface area contributed by atoms with Gasteiger partial charge in [0.1, 0.15) is 0 Å². The van der Waals surface area contributed by atoms with Gasteiger partial charge in [0.15, 0.2) is 5.96 Å². The monoisotopic (exact) mass is 513 g/mol. The van der Waals surface area contributed by atoms with Crippen molar-refractivity contribution in [3.8, 4) is 0 Å². The Morgan fingerprint density at radius 1 is 1.07 bits per heavy atom. The lowest BCUT2D eigenvalue weighted by Crippen LogP contribution is -2.44. The predicted octanol–water partition coefficient (Wildman–Crippen LogP) is 3.08. The van der Waals surface area contributed by atoms with Crippen molar-refractivity contribution in [2.24, 2.45) is 4.99 Å². The Morgan fingerprint density at radius 2 is 1.79 bits per heavy atom. The second kappa shape index (κ2) is 12.4. The van der Waals surface area contributed by atoms with E-state index >= 15 is 0 Å². The van der Waals surface area contributed by atoms with Gasteiger partial charge in [-0.05, 0) is 62.9 Å². The molecule has 0 bridgehead atoms. The first-order valence-corrected chi connectivity index (χ1v) is 10.8. The molecule has 1 aromatic carbocycles. The number of nitrogens with one attached hydrogen (secondary N) is 2. The molecule has 0 radical (unpaired) electrons. The quantitative estimate of drug-likeness (QED) is 0.349. The number of hydrogen-bond acceptors (Lipinski definition) is 3. The molecule has 0 aliphatic carbocycles. The van der Waals surface area contributed by atoms with Crippen LogP contribution in [0.3, 0.4) is 0 Å². The van der Waals surface area contributed by atoms with Crippen molar-refractivity contribution in [3.63, 3.8) is 0 Å². The van der Waals surface area contributed by atoms with Crippen molar-refractivity contribution in [1.82, 2.24) is 20.4 Å². The molecule has 162 valence electrons. The van der Waals surface area contributed by atoms with E-state index in [0.717, 1.165) is 56.1 Å². The number of carbonyl (C=O) groups excluding carboxylic acids is 1. The third-order valence-corrected chi connectivity index (χ3v) is 5.94. The highest BCUT2D eigenvalue weighted by atomic mass is 127. The summed E-state index contributed by atoms with van der Waals surface area (Å²) >= 11 is 0. The summed E-state index contributed by atoms with van der Waals surface area (Å²) in [5.41, 5.74) is 1.93. The fraction of sp³-hybridized carbons (Fsp3) is 0.636. The molecule has 6 nitrogen and oxygen atoms in total. The van der Waals surface area contributed by atoms with Crippen molar-refractivity contribution in [2.75, 3.05) is 39.8 Å². The van der Waals surface area contributed by atoms with E-state index < -0.39 is 0 Å². The maximum Gasteiger partial charge on any atom is 0.253 e. The molecular weight excluding hydrogens is 477 g/mol. The normalized spacial score (nSPS) is 20.3. The molecule has 2 heterocycles. The highest BCUT2D eigenvalue weighted by Crippen LogP contribution is 2.16. The summed E-state index contributed by atoms with van der Waals surface area (Å²) in [6.07, 6.45) is 6.02. The highest BCUT2D eigenvalue weighted by molar-refractivity contribution is 14.0. The van der Waals surface area contributed by atoms with E-state index in [0.29, 0.717) is 12.6 Å². The van der Waals surface area contributed by atoms with Crippen LogP contribution in [0.5, 0.6) is 0 Å². The maximum atomic E-state index is 12.6. The molecule has 1 unspecified atom stereocenters. The van der Waals surface area contributed by atoms with Gasteiger partial charge in [-0.1, -0.05) is 19.1 Å². The molecule has 1 aromatic rings. The molecule has 2 aliphatic heterocycles. The third-order valence-electron chi connectivity index (χ3n) is 5.94. The summed E-state index contributed by atoms with van der Waals surface area (Å²) in [6, 6.07) is 8.56. The van der Waals surface area contributed by atoms with E-state index in [-0.39, 0.29) is 29.9 Å². The molecule has 0 aromatic heterocycles. The number of piperidine rings is 1. The standard InChI is InChI=1S/C22H35N5O.HI/c1-3-26-15-7-8-20(26)17-25-22(23-2)24-16-18-9-11-19(12-10-18)21(28)27-13-5-4-6-14-27;/h9-12,20H,3-8,13-17H2,1-2H3,(H2,23,24,25);1H. The topological polar surface area (TPSA) is 60.0 Å². The van der Waals surface area contributed by atoms with Crippen LogP contribution < -0.4 is 10.6 Å². The minimum atomic E-state index is 0. The van der Waals surface area contributed by atoms with E-state index in [9.17, 15) is 4.79 Å². The number of aliphatic imine (C=N–C) groups is 1. The molecule has 2 N–H and O–H groups in total. The predicted molar refractivity (Wildman–Crippen MR) is 130 cm³/mol. The van der Waals surface area contributed by atoms with Crippen LogP contribution in [0.25, 0.3) is 0 Å². The Labute approximate surface area is 192 Å². The molecule has 0 saturated carbocycles. The zero-order valence-electron chi connectivity index (χ0n) is 17.8. The van der Waals surface area contributed by atoms with Crippen LogP contribution in [-0.4, -0.2) is 67.5 Å². The molecule has 29 heavy (non-hydrogen) atoms. The van der Waals surface area contributed by atoms with Crippen molar-refractivity contribution in [3.05, 3.63) is 35.4 Å². The van der Waals surface area contributed by atoms with Gasteiger partial charge >= 0.3 is 0 Å². The lowest BCUT2D eigenvalue weighted by atomic mass is 10.1. The first kappa shape index (κ1) is 23.9. The minimum absolute atomic E-state index is 0. The molecule has 2 aliphatic rings. The molecule has 7 heteroatoms. The number of amides is 1. The van der Waals surface area contributed by atoms with Gasteiger partial charge in [0, 0.05) is 44.8 Å². The smallest absolute Gasteiger partial charge is 0.253 e. The Kier molecular flexibility index (Phi) is 10.2. The zero-order valence-corrected chi connectivity index (χ0v) is 20.2. The summed E-state index contributed by atoms with van der Waals surface area (Å²) in [6.45, 7) is 7.95. The van der Waals surface area contributed by atoms with Gasteiger partial charge in [0.2, 0.25) is 0 Å². The lowest BCUT2D eigenvalue weighted by Gasteiger charge is -2.26. The summed E-state index contributed by atoms with van der Waals surface area (Å²) in [4.78, 5) is 21.4. The maximum absolute atomic E-state index is 12.6. The highest BCUT2D eigenvalue weighted by Gasteiger charge is 2.22. The Hall–Kier alpha value is -1.35. The third kappa shape index (κ3) is 6.84. The van der Waals surface area contributed by atoms with Crippen LogP contribution in [0.15, 0.2) is 29.3 Å². The van der Waals surface area contributed by atoms with E-state index in [1.165, 1.54) is 25.8 Å². The Bertz CT molecular complexity index is 658.